The highest BCUT2D eigenvalue weighted by molar-refractivity contribution is 6.30. The number of anilines is 1. The van der Waals surface area contributed by atoms with Crippen LogP contribution in [0.4, 0.5) is 5.69 Å². The van der Waals surface area contributed by atoms with Gasteiger partial charge in [0.25, 0.3) is 0 Å². The molecule has 0 saturated carbocycles. The molecule has 0 aromatic heterocycles. The normalized spacial score (nSPS) is 20.2. The van der Waals surface area contributed by atoms with Gasteiger partial charge in [0.1, 0.15) is 0 Å². The van der Waals surface area contributed by atoms with Crippen molar-refractivity contribution >= 4 is 17.3 Å². The number of hydrogen-bond donors (Lipinski definition) is 0. The van der Waals surface area contributed by atoms with Crippen LogP contribution in [0.25, 0.3) is 0 Å². The zero-order chi connectivity index (χ0) is 13.3. The van der Waals surface area contributed by atoms with E-state index in [4.69, 9.17) is 11.6 Å². The Morgan fingerprint density at radius 2 is 2.06 bits per heavy atom. The highest BCUT2D eigenvalue weighted by Crippen LogP contribution is 2.32. The Bertz CT molecular complexity index is 415. The van der Waals surface area contributed by atoms with E-state index in [2.05, 4.69) is 49.9 Å². The summed E-state index contributed by atoms with van der Waals surface area (Å²) < 4.78 is 0. The molecule has 100 valence electrons. The van der Waals surface area contributed by atoms with Gasteiger partial charge < -0.3 is 9.80 Å². The van der Waals surface area contributed by atoms with E-state index >= 15 is 0 Å². The maximum absolute atomic E-state index is 6.16. The lowest BCUT2D eigenvalue weighted by molar-refractivity contribution is 0.315. The van der Waals surface area contributed by atoms with Crippen molar-refractivity contribution in [2.75, 3.05) is 32.1 Å². The van der Waals surface area contributed by atoms with Crippen molar-refractivity contribution < 1.29 is 0 Å². The summed E-state index contributed by atoms with van der Waals surface area (Å²) in [6.45, 7) is 6.72. The Balaban J connectivity index is 2.25. The van der Waals surface area contributed by atoms with Crippen LogP contribution in [0.1, 0.15) is 31.7 Å². The van der Waals surface area contributed by atoms with Crippen molar-refractivity contribution in [2.24, 2.45) is 0 Å². The number of likely N-dealkylation sites (N-methyl/N-ethyl adjacent to an activating group) is 1. The molecule has 1 aliphatic rings. The van der Waals surface area contributed by atoms with Crippen molar-refractivity contribution in [1.29, 1.82) is 0 Å². The third-order valence-corrected chi connectivity index (χ3v) is 4.08. The van der Waals surface area contributed by atoms with Crippen molar-refractivity contribution in [3.63, 3.8) is 0 Å². The Kier molecular flexibility index (Phi) is 4.18. The van der Waals surface area contributed by atoms with Gasteiger partial charge in [-0.15, -0.1) is 0 Å². The number of nitrogens with zero attached hydrogens (tertiary/aromatic N) is 2. The molecule has 1 saturated heterocycles. The predicted molar refractivity (Wildman–Crippen MR) is 79.8 cm³/mol. The highest BCUT2D eigenvalue weighted by Gasteiger charge is 2.26. The first-order chi connectivity index (χ1) is 8.49. The summed E-state index contributed by atoms with van der Waals surface area (Å²) in [6, 6.07) is 6.95. The molecule has 2 rings (SSSR count). The average molecular weight is 267 g/mol. The van der Waals surface area contributed by atoms with Crippen LogP contribution in [0, 0.1) is 0 Å². The second kappa shape index (κ2) is 5.50. The quantitative estimate of drug-likeness (QED) is 0.825. The van der Waals surface area contributed by atoms with E-state index in [0.717, 1.165) is 18.1 Å². The largest absolute Gasteiger partial charge is 0.370 e. The summed E-state index contributed by atoms with van der Waals surface area (Å²) >= 11 is 6.16. The molecule has 1 heterocycles. The van der Waals surface area contributed by atoms with Gasteiger partial charge >= 0.3 is 0 Å². The molecule has 1 atom stereocenters. The summed E-state index contributed by atoms with van der Waals surface area (Å²) in [6.07, 6.45) is 1.23. The fourth-order valence-corrected chi connectivity index (χ4v) is 2.83. The van der Waals surface area contributed by atoms with Crippen molar-refractivity contribution in [2.45, 2.75) is 32.2 Å². The zero-order valence-electron chi connectivity index (χ0n) is 11.8. The standard InChI is InChI=1S/C15H23ClN2/c1-11(2)14-6-5-12(16)9-15(14)18-8-7-13(10-18)17(3)4/h5-6,9,11,13H,7-8,10H2,1-4H3/t13-/m0/s1. The van der Waals surface area contributed by atoms with Crippen LogP contribution >= 0.6 is 11.6 Å². The van der Waals surface area contributed by atoms with Crippen LogP contribution in [0.15, 0.2) is 18.2 Å². The van der Waals surface area contributed by atoms with Crippen molar-refractivity contribution in [1.82, 2.24) is 4.90 Å². The predicted octanol–water partition coefficient (Wildman–Crippen LogP) is 3.60. The first kappa shape index (κ1) is 13.7. The van der Waals surface area contributed by atoms with Crippen LogP contribution in [0.2, 0.25) is 5.02 Å². The van der Waals surface area contributed by atoms with E-state index in [9.17, 15) is 0 Å². The maximum Gasteiger partial charge on any atom is 0.0426 e. The summed E-state index contributed by atoms with van der Waals surface area (Å²) in [5.74, 6) is 0.538. The van der Waals surface area contributed by atoms with E-state index in [1.54, 1.807) is 0 Å². The molecule has 2 nitrogen and oxygen atoms in total. The van der Waals surface area contributed by atoms with Crippen molar-refractivity contribution in [3.8, 4) is 0 Å². The molecule has 1 fully saturated rings. The van der Waals surface area contributed by atoms with Gasteiger partial charge in [0.05, 0.1) is 0 Å². The Hall–Kier alpha value is -0.730. The molecule has 3 heteroatoms. The van der Waals surface area contributed by atoms with Gasteiger partial charge in [0.15, 0.2) is 0 Å². The smallest absolute Gasteiger partial charge is 0.0426 e. The third kappa shape index (κ3) is 2.81. The zero-order valence-corrected chi connectivity index (χ0v) is 12.5. The fraction of sp³-hybridized carbons (Fsp3) is 0.600. The molecule has 1 aliphatic heterocycles. The summed E-state index contributed by atoms with van der Waals surface area (Å²) in [5, 5.41) is 0.836. The SMILES string of the molecule is CC(C)c1ccc(Cl)cc1N1CC[C@H](N(C)C)C1. The molecular formula is C15H23ClN2. The third-order valence-electron chi connectivity index (χ3n) is 3.85. The summed E-state index contributed by atoms with van der Waals surface area (Å²) in [4.78, 5) is 4.80. The van der Waals surface area contributed by atoms with E-state index < -0.39 is 0 Å². The summed E-state index contributed by atoms with van der Waals surface area (Å²) in [5.41, 5.74) is 2.72. The number of halogens is 1. The molecule has 0 spiro atoms. The van der Waals surface area contributed by atoms with Crippen LogP contribution in [0.3, 0.4) is 0 Å². The number of rotatable bonds is 3. The fourth-order valence-electron chi connectivity index (χ4n) is 2.66. The minimum Gasteiger partial charge on any atom is -0.370 e. The molecule has 1 aromatic rings. The lowest BCUT2D eigenvalue weighted by Gasteiger charge is -2.25. The second-order valence-electron chi connectivity index (χ2n) is 5.71. The molecule has 0 aliphatic carbocycles. The second-order valence-corrected chi connectivity index (χ2v) is 6.15. The van der Waals surface area contributed by atoms with Gasteiger partial charge in [-0.05, 0) is 44.1 Å². The molecule has 0 amide bonds. The molecule has 0 N–H and O–H groups in total. The van der Waals surface area contributed by atoms with Gasteiger partial charge in [-0.1, -0.05) is 31.5 Å². The van der Waals surface area contributed by atoms with Crippen LogP contribution in [-0.2, 0) is 0 Å². The Morgan fingerprint density at radius 1 is 1.33 bits per heavy atom. The van der Waals surface area contributed by atoms with Gasteiger partial charge in [-0.2, -0.15) is 0 Å². The monoisotopic (exact) mass is 266 g/mol. The minimum atomic E-state index is 0.538. The first-order valence-electron chi connectivity index (χ1n) is 6.70. The molecule has 0 bridgehead atoms. The average Bonchev–Trinajstić information content (AvgIpc) is 2.77. The lowest BCUT2D eigenvalue weighted by Crippen LogP contribution is -2.31. The van der Waals surface area contributed by atoms with Crippen LogP contribution in [-0.4, -0.2) is 38.1 Å². The van der Waals surface area contributed by atoms with Gasteiger partial charge in [0.2, 0.25) is 0 Å². The molecule has 0 radical (unpaired) electrons. The number of benzene rings is 1. The number of hydrogen-bond acceptors (Lipinski definition) is 2. The lowest BCUT2D eigenvalue weighted by atomic mass is 10.0. The van der Waals surface area contributed by atoms with E-state index in [1.807, 2.05) is 6.07 Å². The molecule has 18 heavy (non-hydrogen) atoms. The molecular weight excluding hydrogens is 244 g/mol. The van der Waals surface area contributed by atoms with E-state index in [-0.39, 0.29) is 0 Å². The van der Waals surface area contributed by atoms with E-state index in [0.29, 0.717) is 12.0 Å². The van der Waals surface area contributed by atoms with E-state index in [1.165, 1.54) is 17.7 Å². The molecule has 0 unspecified atom stereocenters. The van der Waals surface area contributed by atoms with Gasteiger partial charge in [-0.3, -0.25) is 0 Å². The van der Waals surface area contributed by atoms with Gasteiger partial charge in [-0.25, -0.2) is 0 Å². The van der Waals surface area contributed by atoms with Gasteiger partial charge in [0, 0.05) is 29.8 Å². The Morgan fingerprint density at radius 3 is 2.61 bits per heavy atom. The summed E-state index contributed by atoms with van der Waals surface area (Å²) in [7, 11) is 4.32. The van der Waals surface area contributed by atoms with Crippen LogP contribution in [0.5, 0.6) is 0 Å². The Labute approximate surface area is 116 Å². The molecule has 1 aromatic carbocycles. The highest BCUT2D eigenvalue weighted by atomic mass is 35.5. The van der Waals surface area contributed by atoms with Crippen LogP contribution < -0.4 is 4.90 Å². The first-order valence-corrected chi connectivity index (χ1v) is 7.07. The van der Waals surface area contributed by atoms with Crippen molar-refractivity contribution in [3.05, 3.63) is 28.8 Å². The maximum atomic E-state index is 6.16. The topological polar surface area (TPSA) is 6.48 Å². The minimum absolute atomic E-state index is 0.538.